The predicted molar refractivity (Wildman–Crippen MR) is 87.5 cm³/mol. The number of amides is 3. The minimum absolute atomic E-state index is 0.0115. The van der Waals surface area contributed by atoms with Crippen LogP contribution in [-0.2, 0) is 4.79 Å². The lowest BCUT2D eigenvalue weighted by molar-refractivity contribution is -0.140. The Labute approximate surface area is 133 Å². The van der Waals surface area contributed by atoms with Crippen LogP contribution in [0.2, 0.25) is 0 Å². The number of nitrogens with zero attached hydrogens (tertiary/aromatic N) is 2. The number of nitrogens with one attached hydrogen (secondary N) is 1. The summed E-state index contributed by atoms with van der Waals surface area (Å²) < 4.78 is 0. The Morgan fingerprint density at radius 3 is 2.27 bits per heavy atom. The molecule has 0 bridgehead atoms. The topological polar surface area (TPSA) is 52.7 Å². The lowest BCUT2D eigenvalue weighted by Gasteiger charge is -2.37. The van der Waals surface area contributed by atoms with Crippen LogP contribution in [0.5, 0.6) is 0 Å². The van der Waals surface area contributed by atoms with E-state index in [0.717, 1.165) is 25.8 Å². The van der Waals surface area contributed by atoms with E-state index in [-0.39, 0.29) is 17.4 Å². The van der Waals surface area contributed by atoms with Gasteiger partial charge in [-0.3, -0.25) is 4.79 Å². The zero-order chi connectivity index (χ0) is 16.2. The molecule has 1 fully saturated rings. The second kappa shape index (κ2) is 7.16. The first-order valence-electron chi connectivity index (χ1n) is 8.35. The minimum Gasteiger partial charge on any atom is -0.339 e. The summed E-state index contributed by atoms with van der Waals surface area (Å²) in [5.41, 5.74) is -0.348. The molecule has 1 saturated heterocycles. The third-order valence-electron chi connectivity index (χ3n) is 4.42. The SMILES string of the molecule is CC(C)(C)C(=O)N1CCN(C(=O)NCC2CC=CCC2)CC1. The predicted octanol–water partition coefficient (Wildman–Crippen LogP) is 2.24. The molecule has 1 N–H and O–H groups in total. The summed E-state index contributed by atoms with van der Waals surface area (Å²) in [5, 5.41) is 3.05. The van der Waals surface area contributed by atoms with E-state index in [4.69, 9.17) is 0 Å². The summed E-state index contributed by atoms with van der Waals surface area (Å²) in [4.78, 5) is 28.1. The van der Waals surface area contributed by atoms with Crippen LogP contribution in [0.3, 0.4) is 0 Å². The number of carbonyl (C=O) groups is 2. The van der Waals surface area contributed by atoms with E-state index in [1.807, 2.05) is 30.6 Å². The largest absolute Gasteiger partial charge is 0.339 e. The minimum atomic E-state index is -0.348. The Kier molecular flexibility index (Phi) is 5.48. The van der Waals surface area contributed by atoms with Gasteiger partial charge in [-0.05, 0) is 25.2 Å². The molecular weight excluding hydrogens is 278 g/mol. The summed E-state index contributed by atoms with van der Waals surface area (Å²) in [5.74, 6) is 0.735. The molecule has 1 aliphatic carbocycles. The van der Waals surface area contributed by atoms with Gasteiger partial charge in [0.2, 0.25) is 5.91 Å². The fourth-order valence-corrected chi connectivity index (χ4v) is 2.97. The molecule has 22 heavy (non-hydrogen) atoms. The maximum absolute atomic E-state index is 12.2. The number of urea groups is 1. The summed E-state index contributed by atoms with van der Waals surface area (Å²) >= 11 is 0. The first kappa shape index (κ1) is 16.8. The average molecular weight is 307 g/mol. The molecule has 0 aromatic carbocycles. The van der Waals surface area contributed by atoms with Crippen molar-refractivity contribution in [2.75, 3.05) is 32.7 Å². The van der Waals surface area contributed by atoms with Crippen molar-refractivity contribution >= 4 is 11.9 Å². The lowest BCUT2D eigenvalue weighted by Crippen LogP contribution is -2.55. The zero-order valence-corrected chi connectivity index (χ0v) is 14.1. The fraction of sp³-hybridized carbons (Fsp3) is 0.765. The molecule has 3 amide bonds. The van der Waals surface area contributed by atoms with Gasteiger partial charge in [-0.1, -0.05) is 32.9 Å². The molecule has 1 aliphatic heterocycles. The number of hydrogen-bond donors (Lipinski definition) is 1. The Bertz CT molecular complexity index is 432. The Morgan fingerprint density at radius 1 is 1.09 bits per heavy atom. The highest BCUT2D eigenvalue weighted by Crippen LogP contribution is 2.19. The quantitative estimate of drug-likeness (QED) is 0.796. The van der Waals surface area contributed by atoms with Crippen molar-refractivity contribution in [3.8, 4) is 0 Å². The maximum Gasteiger partial charge on any atom is 0.317 e. The Morgan fingerprint density at radius 2 is 1.73 bits per heavy atom. The van der Waals surface area contributed by atoms with E-state index in [9.17, 15) is 9.59 Å². The number of rotatable bonds is 2. The standard InChI is InChI=1S/C17H29N3O2/c1-17(2,3)15(21)19-9-11-20(12-10-19)16(22)18-13-14-7-5-4-6-8-14/h4-5,14H,6-13H2,1-3H3,(H,18,22). The van der Waals surface area contributed by atoms with Crippen molar-refractivity contribution in [2.24, 2.45) is 11.3 Å². The van der Waals surface area contributed by atoms with Crippen LogP contribution in [0.25, 0.3) is 0 Å². The number of carbonyl (C=O) groups excluding carboxylic acids is 2. The Balaban J connectivity index is 1.73. The second-order valence-electron chi connectivity index (χ2n) is 7.37. The van der Waals surface area contributed by atoms with Crippen molar-refractivity contribution in [3.05, 3.63) is 12.2 Å². The van der Waals surface area contributed by atoms with Crippen LogP contribution in [0, 0.1) is 11.3 Å². The normalized spacial score (nSPS) is 22.6. The van der Waals surface area contributed by atoms with Crippen LogP contribution < -0.4 is 5.32 Å². The number of piperazine rings is 1. The lowest BCUT2D eigenvalue weighted by atomic mass is 9.94. The van der Waals surface area contributed by atoms with E-state index in [1.165, 1.54) is 0 Å². The zero-order valence-electron chi connectivity index (χ0n) is 14.1. The van der Waals surface area contributed by atoms with Crippen LogP contribution in [0.4, 0.5) is 4.79 Å². The van der Waals surface area contributed by atoms with Gasteiger partial charge in [-0.2, -0.15) is 0 Å². The highest BCUT2D eigenvalue weighted by atomic mass is 16.2. The van der Waals surface area contributed by atoms with Gasteiger partial charge in [0, 0.05) is 38.1 Å². The van der Waals surface area contributed by atoms with Gasteiger partial charge in [0.1, 0.15) is 0 Å². The second-order valence-corrected chi connectivity index (χ2v) is 7.37. The molecule has 5 nitrogen and oxygen atoms in total. The third kappa shape index (κ3) is 4.49. The molecular formula is C17H29N3O2. The van der Waals surface area contributed by atoms with Gasteiger partial charge >= 0.3 is 6.03 Å². The molecule has 0 aromatic rings. The summed E-state index contributed by atoms with van der Waals surface area (Å²) in [6.07, 6.45) is 7.76. The van der Waals surface area contributed by atoms with E-state index >= 15 is 0 Å². The van der Waals surface area contributed by atoms with Crippen molar-refractivity contribution in [1.82, 2.24) is 15.1 Å². The van der Waals surface area contributed by atoms with Crippen LogP contribution in [0.15, 0.2) is 12.2 Å². The number of hydrogen-bond acceptors (Lipinski definition) is 2. The van der Waals surface area contributed by atoms with Gasteiger partial charge in [0.25, 0.3) is 0 Å². The molecule has 0 saturated carbocycles. The molecule has 2 rings (SSSR count). The molecule has 0 spiro atoms. The van der Waals surface area contributed by atoms with E-state index in [2.05, 4.69) is 17.5 Å². The van der Waals surface area contributed by atoms with Gasteiger partial charge in [-0.25, -0.2) is 4.79 Å². The van der Waals surface area contributed by atoms with Crippen molar-refractivity contribution < 1.29 is 9.59 Å². The highest BCUT2D eigenvalue weighted by molar-refractivity contribution is 5.82. The smallest absolute Gasteiger partial charge is 0.317 e. The molecule has 2 aliphatic rings. The van der Waals surface area contributed by atoms with Crippen molar-refractivity contribution in [2.45, 2.75) is 40.0 Å². The van der Waals surface area contributed by atoms with Gasteiger partial charge in [0.05, 0.1) is 0 Å². The molecule has 0 aromatic heterocycles. The van der Waals surface area contributed by atoms with E-state index < -0.39 is 0 Å². The summed E-state index contributed by atoms with van der Waals surface area (Å²) in [6.45, 7) is 9.08. The first-order valence-corrected chi connectivity index (χ1v) is 8.35. The summed E-state index contributed by atoms with van der Waals surface area (Å²) in [7, 11) is 0. The molecule has 124 valence electrons. The average Bonchev–Trinajstić information content (AvgIpc) is 2.52. The maximum atomic E-state index is 12.2. The van der Waals surface area contributed by atoms with Crippen LogP contribution in [-0.4, -0.2) is 54.5 Å². The van der Waals surface area contributed by atoms with E-state index in [1.54, 1.807) is 0 Å². The van der Waals surface area contributed by atoms with E-state index in [0.29, 0.717) is 32.1 Å². The summed E-state index contributed by atoms with van der Waals surface area (Å²) in [6, 6.07) is 0.0115. The number of allylic oxidation sites excluding steroid dienone is 2. The fourth-order valence-electron chi connectivity index (χ4n) is 2.97. The molecule has 0 radical (unpaired) electrons. The third-order valence-corrected chi connectivity index (χ3v) is 4.42. The Hall–Kier alpha value is -1.52. The molecule has 5 heteroatoms. The molecule has 1 heterocycles. The van der Waals surface area contributed by atoms with Crippen molar-refractivity contribution in [3.63, 3.8) is 0 Å². The molecule has 1 unspecified atom stereocenters. The van der Waals surface area contributed by atoms with Crippen LogP contribution >= 0.6 is 0 Å². The van der Waals surface area contributed by atoms with Gasteiger partial charge in [0.15, 0.2) is 0 Å². The van der Waals surface area contributed by atoms with Gasteiger partial charge in [-0.15, -0.1) is 0 Å². The van der Waals surface area contributed by atoms with Crippen LogP contribution in [0.1, 0.15) is 40.0 Å². The highest BCUT2D eigenvalue weighted by Gasteiger charge is 2.30. The molecule has 1 atom stereocenters. The van der Waals surface area contributed by atoms with Gasteiger partial charge < -0.3 is 15.1 Å². The van der Waals surface area contributed by atoms with Crippen molar-refractivity contribution in [1.29, 1.82) is 0 Å². The monoisotopic (exact) mass is 307 g/mol. The first-order chi connectivity index (χ1) is 10.4.